The molecule has 1 aliphatic rings. The third-order valence-corrected chi connectivity index (χ3v) is 5.97. The predicted molar refractivity (Wildman–Crippen MR) is 129 cm³/mol. The van der Waals surface area contributed by atoms with Crippen LogP contribution in [0.15, 0.2) is 46.4 Å². The van der Waals surface area contributed by atoms with E-state index in [1.807, 2.05) is 13.8 Å². The molecule has 0 bridgehead atoms. The summed E-state index contributed by atoms with van der Waals surface area (Å²) in [5.41, 5.74) is 0.769. The standard InChI is InChI=1S/C22H20BrIN2O5/c1-4-12(2)31-19-17(24)10-13(11-18(19)30-3)9-16-20(27)25-22(29)26(21(16)28)15-7-5-14(23)6-8-15/h5-12H,4H2,1-3H3,(H,25,27,29)/b16-9+/t12-/m0/s1. The Kier molecular flexibility index (Phi) is 7.37. The lowest BCUT2D eigenvalue weighted by atomic mass is 10.1. The number of hydrogen-bond donors (Lipinski definition) is 1. The lowest BCUT2D eigenvalue weighted by Gasteiger charge is -2.26. The number of halogens is 2. The predicted octanol–water partition coefficient (Wildman–Crippen LogP) is 4.91. The summed E-state index contributed by atoms with van der Waals surface area (Å²) in [4.78, 5) is 38.7. The quantitative estimate of drug-likeness (QED) is 0.290. The van der Waals surface area contributed by atoms with Crippen LogP contribution in [-0.2, 0) is 9.59 Å². The molecule has 162 valence electrons. The number of ether oxygens (including phenoxy) is 2. The number of methoxy groups -OCH3 is 1. The van der Waals surface area contributed by atoms with E-state index in [1.165, 1.54) is 13.2 Å². The Balaban J connectivity index is 2.00. The van der Waals surface area contributed by atoms with E-state index in [2.05, 4.69) is 43.8 Å². The van der Waals surface area contributed by atoms with E-state index >= 15 is 0 Å². The Morgan fingerprint density at radius 1 is 1.19 bits per heavy atom. The summed E-state index contributed by atoms with van der Waals surface area (Å²) in [7, 11) is 1.53. The SMILES string of the molecule is CC[C@H](C)Oc1c(I)cc(/C=C2\C(=O)NC(=O)N(c3ccc(Br)cc3)C2=O)cc1OC. The Hall–Kier alpha value is -2.40. The minimum atomic E-state index is -0.793. The van der Waals surface area contributed by atoms with Crippen molar-refractivity contribution >= 4 is 68.1 Å². The molecule has 1 aliphatic heterocycles. The summed E-state index contributed by atoms with van der Waals surface area (Å²) < 4.78 is 13.0. The monoisotopic (exact) mass is 598 g/mol. The molecule has 1 N–H and O–H groups in total. The molecule has 0 unspecified atom stereocenters. The highest BCUT2D eigenvalue weighted by Crippen LogP contribution is 2.36. The van der Waals surface area contributed by atoms with Crippen molar-refractivity contribution in [3.05, 3.63) is 55.6 Å². The van der Waals surface area contributed by atoms with Crippen LogP contribution in [0.5, 0.6) is 11.5 Å². The first kappa shape index (κ1) is 23.3. The molecular weight excluding hydrogens is 579 g/mol. The fourth-order valence-corrected chi connectivity index (χ4v) is 3.89. The molecule has 1 atom stereocenters. The number of nitrogens with one attached hydrogen (secondary N) is 1. The van der Waals surface area contributed by atoms with Crippen molar-refractivity contribution in [1.29, 1.82) is 0 Å². The maximum Gasteiger partial charge on any atom is 0.335 e. The number of barbiturate groups is 1. The van der Waals surface area contributed by atoms with Crippen LogP contribution in [0, 0.1) is 3.57 Å². The van der Waals surface area contributed by atoms with Gasteiger partial charge in [-0.15, -0.1) is 0 Å². The molecule has 3 rings (SSSR count). The number of hydrogen-bond acceptors (Lipinski definition) is 5. The van der Waals surface area contributed by atoms with Crippen molar-refractivity contribution in [3.8, 4) is 11.5 Å². The highest BCUT2D eigenvalue weighted by Gasteiger charge is 2.36. The Labute approximate surface area is 202 Å². The van der Waals surface area contributed by atoms with Crippen LogP contribution in [0.1, 0.15) is 25.8 Å². The minimum Gasteiger partial charge on any atom is -0.493 e. The van der Waals surface area contributed by atoms with Gasteiger partial charge in [-0.05, 0) is 84.0 Å². The van der Waals surface area contributed by atoms with Gasteiger partial charge in [-0.2, -0.15) is 0 Å². The average molecular weight is 599 g/mol. The Bertz CT molecular complexity index is 1070. The van der Waals surface area contributed by atoms with E-state index in [-0.39, 0.29) is 11.7 Å². The first-order valence-electron chi connectivity index (χ1n) is 9.46. The molecule has 0 saturated carbocycles. The number of nitrogens with zero attached hydrogens (tertiary/aromatic N) is 1. The number of imide groups is 2. The van der Waals surface area contributed by atoms with Crippen LogP contribution in [0.4, 0.5) is 10.5 Å². The summed E-state index contributed by atoms with van der Waals surface area (Å²) in [6, 6.07) is 9.32. The number of carbonyl (C=O) groups excluding carboxylic acids is 3. The van der Waals surface area contributed by atoms with E-state index in [0.29, 0.717) is 22.7 Å². The molecule has 2 aromatic carbocycles. The van der Waals surface area contributed by atoms with Gasteiger partial charge in [0.1, 0.15) is 5.57 Å². The fraction of sp³-hybridized carbons (Fsp3) is 0.227. The van der Waals surface area contributed by atoms with Gasteiger partial charge < -0.3 is 9.47 Å². The molecule has 1 saturated heterocycles. The Morgan fingerprint density at radius 3 is 2.48 bits per heavy atom. The molecule has 1 heterocycles. The molecule has 0 radical (unpaired) electrons. The van der Waals surface area contributed by atoms with Crippen LogP contribution in [0.2, 0.25) is 0 Å². The van der Waals surface area contributed by atoms with E-state index in [4.69, 9.17) is 9.47 Å². The largest absolute Gasteiger partial charge is 0.493 e. The van der Waals surface area contributed by atoms with Crippen molar-refractivity contribution in [2.75, 3.05) is 12.0 Å². The normalized spacial score (nSPS) is 16.4. The lowest BCUT2D eigenvalue weighted by molar-refractivity contribution is -0.122. The zero-order valence-electron chi connectivity index (χ0n) is 17.1. The van der Waals surface area contributed by atoms with Gasteiger partial charge in [-0.25, -0.2) is 9.69 Å². The van der Waals surface area contributed by atoms with E-state index in [9.17, 15) is 14.4 Å². The van der Waals surface area contributed by atoms with Gasteiger partial charge in [0.05, 0.1) is 22.5 Å². The number of rotatable bonds is 6. The van der Waals surface area contributed by atoms with E-state index in [0.717, 1.165) is 19.4 Å². The summed E-state index contributed by atoms with van der Waals surface area (Å²) in [6.45, 7) is 3.98. The maximum absolute atomic E-state index is 13.0. The van der Waals surface area contributed by atoms with Crippen LogP contribution in [-0.4, -0.2) is 31.1 Å². The molecule has 31 heavy (non-hydrogen) atoms. The van der Waals surface area contributed by atoms with Crippen molar-refractivity contribution in [2.45, 2.75) is 26.4 Å². The molecule has 0 aromatic heterocycles. The third-order valence-electron chi connectivity index (χ3n) is 4.64. The summed E-state index contributed by atoms with van der Waals surface area (Å²) >= 11 is 5.44. The van der Waals surface area contributed by atoms with Gasteiger partial charge in [-0.1, -0.05) is 22.9 Å². The molecule has 1 fully saturated rings. The van der Waals surface area contributed by atoms with Gasteiger partial charge in [0.25, 0.3) is 11.8 Å². The topological polar surface area (TPSA) is 84.9 Å². The first-order chi connectivity index (χ1) is 14.7. The van der Waals surface area contributed by atoms with E-state index < -0.39 is 17.8 Å². The van der Waals surface area contributed by atoms with Crippen molar-refractivity contribution < 1.29 is 23.9 Å². The highest BCUT2D eigenvalue weighted by molar-refractivity contribution is 14.1. The number of anilines is 1. The molecule has 2 aromatic rings. The van der Waals surface area contributed by atoms with Gasteiger partial charge >= 0.3 is 6.03 Å². The number of benzene rings is 2. The average Bonchev–Trinajstić information content (AvgIpc) is 2.73. The van der Waals surface area contributed by atoms with Gasteiger partial charge in [0.15, 0.2) is 11.5 Å². The third kappa shape index (κ3) is 5.09. The van der Waals surface area contributed by atoms with Crippen molar-refractivity contribution in [3.63, 3.8) is 0 Å². The second kappa shape index (κ2) is 9.82. The van der Waals surface area contributed by atoms with E-state index in [1.54, 1.807) is 36.4 Å². The van der Waals surface area contributed by atoms with Crippen LogP contribution in [0.3, 0.4) is 0 Å². The second-order valence-electron chi connectivity index (χ2n) is 6.81. The lowest BCUT2D eigenvalue weighted by Crippen LogP contribution is -2.54. The molecule has 0 spiro atoms. The fourth-order valence-electron chi connectivity index (χ4n) is 2.87. The number of urea groups is 1. The molecule has 4 amide bonds. The molecule has 0 aliphatic carbocycles. The number of carbonyl (C=O) groups is 3. The van der Waals surface area contributed by atoms with Gasteiger partial charge in [-0.3, -0.25) is 14.9 Å². The zero-order valence-corrected chi connectivity index (χ0v) is 20.8. The number of amides is 4. The maximum atomic E-state index is 13.0. The molecular formula is C22H20BrIN2O5. The minimum absolute atomic E-state index is 0.00259. The highest BCUT2D eigenvalue weighted by atomic mass is 127. The smallest absolute Gasteiger partial charge is 0.335 e. The molecule has 7 nitrogen and oxygen atoms in total. The summed E-state index contributed by atoms with van der Waals surface area (Å²) in [6.07, 6.45) is 2.27. The van der Waals surface area contributed by atoms with Crippen LogP contribution < -0.4 is 19.7 Å². The van der Waals surface area contributed by atoms with Crippen LogP contribution >= 0.6 is 38.5 Å². The van der Waals surface area contributed by atoms with Crippen molar-refractivity contribution in [2.24, 2.45) is 0 Å². The zero-order chi connectivity index (χ0) is 22.7. The first-order valence-corrected chi connectivity index (χ1v) is 11.3. The second-order valence-corrected chi connectivity index (χ2v) is 8.88. The van der Waals surface area contributed by atoms with Gasteiger partial charge in [0.2, 0.25) is 0 Å². The summed E-state index contributed by atoms with van der Waals surface area (Å²) in [5, 5.41) is 2.22. The van der Waals surface area contributed by atoms with Crippen molar-refractivity contribution in [1.82, 2.24) is 5.32 Å². The summed E-state index contributed by atoms with van der Waals surface area (Å²) in [5.74, 6) is -0.364. The van der Waals surface area contributed by atoms with Crippen LogP contribution in [0.25, 0.3) is 6.08 Å². The van der Waals surface area contributed by atoms with Gasteiger partial charge in [0, 0.05) is 4.47 Å². The Morgan fingerprint density at radius 2 is 1.87 bits per heavy atom. The molecule has 9 heteroatoms.